The number of nitrogens with zero attached hydrogens (tertiary/aromatic N) is 4. The van der Waals surface area contributed by atoms with Crippen molar-refractivity contribution in [1.29, 1.82) is 0 Å². The van der Waals surface area contributed by atoms with E-state index in [-0.39, 0.29) is 5.41 Å². The average Bonchev–Trinajstić information content (AvgIpc) is 3.91. The molecule has 3 aromatic heterocycles. The molecule has 5 heteroatoms. The molecule has 3 heterocycles. The quantitative estimate of drug-likeness (QED) is 0.162. The summed E-state index contributed by atoms with van der Waals surface area (Å²) in [5, 5.41) is 10.4. The predicted octanol–water partition coefficient (Wildman–Crippen LogP) is 15.9. The molecule has 0 spiro atoms. The van der Waals surface area contributed by atoms with Gasteiger partial charge in [0.05, 0.1) is 16.9 Å². The minimum absolute atomic E-state index is 0.117. The lowest BCUT2D eigenvalue weighted by Crippen LogP contribution is -2.24. The summed E-state index contributed by atoms with van der Waals surface area (Å²) in [6, 6.07) is 64.6. The van der Waals surface area contributed by atoms with Crippen molar-refractivity contribution >= 4 is 71.2 Å². The Balaban J connectivity index is 1.05. The first-order valence-electron chi connectivity index (χ1n) is 23.0. The van der Waals surface area contributed by atoms with Gasteiger partial charge in [-0.3, -0.25) is 0 Å². The molecule has 0 saturated heterocycles. The van der Waals surface area contributed by atoms with E-state index in [1.54, 1.807) is 0 Å². The molecule has 67 heavy (non-hydrogen) atoms. The van der Waals surface area contributed by atoms with Gasteiger partial charge in [-0.2, -0.15) is 0 Å². The van der Waals surface area contributed by atoms with Crippen LogP contribution in [0.1, 0.15) is 18.2 Å². The van der Waals surface area contributed by atoms with Gasteiger partial charge in [-0.15, -0.1) is 0 Å². The van der Waals surface area contributed by atoms with Crippen molar-refractivity contribution in [2.75, 3.05) is 0 Å². The highest BCUT2D eigenvalue weighted by atomic mass is 16.3. The van der Waals surface area contributed by atoms with E-state index in [4.69, 9.17) is 19.4 Å². The van der Waals surface area contributed by atoms with Crippen LogP contribution in [0.5, 0.6) is 0 Å². The lowest BCUT2D eigenvalue weighted by molar-refractivity contribution is 0.517. The normalized spacial score (nSPS) is 15.5. The van der Waals surface area contributed by atoms with Crippen molar-refractivity contribution in [3.63, 3.8) is 0 Å². The van der Waals surface area contributed by atoms with Gasteiger partial charge >= 0.3 is 0 Å². The number of furan rings is 1. The molecule has 0 aliphatic heterocycles. The Bertz CT molecular complexity index is 4150. The van der Waals surface area contributed by atoms with E-state index in [9.17, 15) is 0 Å². The van der Waals surface area contributed by atoms with E-state index in [0.29, 0.717) is 17.5 Å². The molecule has 12 aromatic rings. The highest BCUT2D eigenvalue weighted by molar-refractivity contribution is 6.11. The molecule has 1 unspecified atom stereocenters. The van der Waals surface area contributed by atoms with Crippen LogP contribution < -0.4 is 0 Å². The Labute approximate surface area is 386 Å². The third kappa shape index (κ3) is 5.98. The zero-order valence-electron chi connectivity index (χ0n) is 36.6. The molecule has 14 rings (SSSR count). The Hall–Kier alpha value is -8.67. The zero-order chi connectivity index (χ0) is 44.2. The predicted molar refractivity (Wildman–Crippen MR) is 276 cm³/mol. The van der Waals surface area contributed by atoms with E-state index >= 15 is 0 Å². The van der Waals surface area contributed by atoms with Gasteiger partial charge in [-0.05, 0) is 110 Å². The molecule has 5 nitrogen and oxygen atoms in total. The fraction of sp³-hybridized carbons (Fsp3) is 0.0484. The Kier molecular flexibility index (Phi) is 8.11. The highest BCUT2D eigenvalue weighted by Crippen LogP contribution is 2.48. The largest absolute Gasteiger partial charge is 0.454 e. The fourth-order valence-corrected chi connectivity index (χ4v) is 10.7. The van der Waals surface area contributed by atoms with Crippen LogP contribution in [0.2, 0.25) is 0 Å². The SMILES string of the molecule is CC12C=CC=CC1=Cc1c(c3cc4ccccc4cc3n1-c1cc(-c3nc(-c4cccc(-c5ccccc5)c4)nc(-c4ccc5c(ccc6ccccc65)c4)n3)cc3c1oc1ccccc13)C2. The number of benzene rings is 9. The number of fused-ring (bicyclic) bond motifs is 11. The molecule has 0 saturated carbocycles. The molecule has 0 fully saturated rings. The third-order valence-electron chi connectivity index (χ3n) is 14.2. The second-order valence-electron chi connectivity index (χ2n) is 18.3. The first kappa shape index (κ1) is 37.7. The van der Waals surface area contributed by atoms with E-state index in [0.717, 1.165) is 78.5 Å². The molecular formula is C62H40N4O. The summed E-state index contributed by atoms with van der Waals surface area (Å²) in [5.41, 5.74) is 12.3. The van der Waals surface area contributed by atoms with Gasteiger partial charge in [0.15, 0.2) is 23.1 Å². The summed E-state index contributed by atoms with van der Waals surface area (Å²) in [6.45, 7) is 2.35. The maximum Gasteiger partial charge on any atom is 0.164 e. The van der Waals surface area contributed by atoms with Crippen LogP contribution in [0, 0.1) is 5.41 Å². The molecule has 0 amide bonds. The Morgan fingerprint density at radius 3 is 2.00 bits per heavy atom. The van der Waals surface area contributed by atoms with E-state index in [2.05, 4.69) is 212 Å². The maximum absolute atomic E-state index is 6.95. The van der Waals surface area contributed by atoms with Crippen molar-refractivity contribution in [2.45, 2.75) is 13.3 Å². The van der Waals surface area contributed by atoms with Crippen LogP contribution >= 0.6 is 0 Å². The van der Waals surface area contributed by atoms with Gasteiger partial charge < -0.3 is 8.98 Å². The van der Waals surface area contributed by atoms with Crippen LogP contribution in [0.3, 0.4) is 0 Å². The number of aromatic nitrogens is 4. The molecule has 2 aliphatic carbocycles. The minimum Gasteiger partial charge on any atom is -0.454 e. The lowest BCUT2D eigenvalue weighted by atomic mass is 9.71. The summed E-state index contributed by atoms with van der Waals surface area (Å²) in [4.78, 5) is 16.1. The summed E-state index contributed by atoms with van der Waals surface area (Å²) in [7, 11) is 0. The zero-order valence-corrected chi connectivity index (χ0v) is 36.6. The van der Waals surface area contributed by atoms with E-state index in [1.165, 1.54) is 43.5 Å². The topological polar surface area (TPSA) is 56.7 Å². The smallest absolute Gasteiger partial charge is 0.164 e. The second kappa shape index (κ2) is 14.4. The number of hydrogen-bond acceptors (Lipinski definition) is 4. The van der Waals surface area contributed by atoms with E-state index < -0.39 is 0 Å². The van der Waals surface area contributed by atoms with Crippen molar-refractivity contribution in [2.24, 2.45) is 5.41 Å². The lowest BCUT2D eigenvalue weighted by Gasteiger charge is -2.33. The minimum atomic E-state index is -0.117. The maximum atomic E-state index is 6.95. The van der Waals surface area contributed by atoms with E-state index in [1.807, 2.05) is 12.1 Å². The average molecular weight is 857 g/mol. The van der Waals surface area contributed by atoms with Crippen LogP contribution in [-0.4, -0.2) is 19.5 Å². The molecule has 2 aliphatic rings. The summed E-state index contributed by atoms with van der Waals surface area (Å²) in [5.74, 6) is 1.79. The number of para-hydroxylation sites is 1. The van der Waals surface area contributed by atoms with Crippen molar-refractivity contribution < 1.29 is 4.42 Å². The van der Waals surface area contributed by atoms with Gasteiger partial charge in [0.2, 0.25) is 0 Å². The monoisotopic (exact) mass is 856 g/mol. The van der Waals surface area contributed by atoms with Crippen LogP contribution in [0.25, 0.3) is 122 Å². The van der Waals surface area contributed by atoms with Crippen LogP contribution in [-0.2, 0) is 6.42 Å². The number of hydrogen-bond donors (Lipinski definition) is 0. The molecule has 314 valence electrons. The number of rotatable bonds is 5. The Morgan fingerprint density at radius 1 is 0.478 bits per heavy atom. The number of allylic oxidation sites excluding steroid dienone is 5. The summed E-state index contributed by atoms with van der Waals surface area (Å²) < 4.78 is 9.38. The first-order chi connectivity index (χ1) is 33.0. The van der Waals surface area contributed by atoms with Gasteiger partial charge in [0, 0.05) is 38.3 Å². The molecule has 0 radical (unpaired) electrons. The van der Waals surface area contributed by atoms with Gasteiger partial charge in [-0.1, -0.05) is 171 Å². The van der Waals surface area contributed by atoms with Crippen LogP contribution in [0.15, 0.2) is 216 Å². The summed E-state index contributed by atoms with van der Waals surface area (Å²) >= 11 is 0. The fourth-order valence-electron chi connectivity index (χ4n) is 10.7. The van der Waals surface area contributed by atoms with Crippen molar-refractivity contribution in [3.05, 3.63) is 223 Å². The molecule has 0 N–H and O–H groups in total. The Morgan fingerprint density at radius 2 is 1.15 bits per heavy atom. The van der Waals surface area contributed by atoms with Crippen molar-refractivity contribution in [3.8, 4) is 51.0 Å². The molecule has 9 aromatic carbocycles. The molecular weight excluding hydrogens is 817 g/mol. The van der Waals surface area contributed by atoms with Crippen LogP contribution in [0.4, 0.5) is 0 Å². The first-order valence-corrected chi connectivity index (χ1v) is 23.0. The third-order valence-corrected chi connectivity index (χ3v) is 14.2. The van der Waals surface area contributed by atoms with Gasteiger partial charge in [0.25, 0.3) is 0 Å². The molecule has 1 atom stereocenters. The summed E-state index contributed by atoms with van der Waals surface area (Å²) in [6.07, 6.45) is 12.2. The van der Waals surface area contributed by atoms with Gasteiger partial charge in [-0.25, -0.2) is 15.0 Å². The highest BCUT2D eigenvalue weighted by Gasteiger charge is 2.35. The molecule has 0 bridgehead atoms. The van der Waals surface area contributed by atoms with Gasteiger partial charge in [0.1, 0.15) is 5.58 Å². The second-order valence-corrected chi connectivity index (χ2v) is 18.3. The standard InChI is InChI=1S/C62H40N4O/c1-62-29-12-11-21-47(62)36-55-53(37-62)51-32-41-17-5-6-18-42(41)34-54(51)66(55)56-35-46(33-52-50-23-9-10-24-57(50)67-58(52)56)61-64-59(44-20-13-19-40(30-44)38-14-3-2-4-15-38)63-60(65-61)45-27-28-49-43(31-45)26-25-39-16-7-8-22-48(39)49/h2-36H,37H2,1H3. The van der Waals surface area contributed by atoms with Crippen molar-refractivity contribution in [1.82, 2.24) is 19.5 Å².